The van der Waals surface area contributed by atoms with Gasteiger partial charge in [-0.3, -0.25) is 4.18 Å². The molecule has 0 fully saturated rings. The second-order valence-electron chi connectivity index (χ2n) is 4.76. The summed E-state index contributed by atoms with van der Waals surface area (Å²) in [6.07, 6.45) is 0.144. The van der Waals surface area contributed by atoms with Crippen LogP contribution < -0.4 is 5.32 Å². The molecule has 1 N–H and O–H groups in total. The lowest BCUT2D eigenvalue weighted by molar-refractivity contribution is 0.206. The van der Waals surface area contributed by atoms with Crippen LogP contribution in [0.5, 0.6) is 0 Å². The minimum atomic E-state index is -3.75. The average molecular weight is 325 g/mol. The van der Waals surface area contributed by atoms with E-state index >= 15 is 0 Å². The third kappa shape index (κ3) is 4.38. The van der Waals surface area contributed by atoms with Crippen LogP contribution in [0.25, 0.3) is 0 Å². The first-order valence-corrected chi connectivity index (χ1v) is 8.99. The number of rotatable bonds is 7. The molecule has 0 aliphatic heterocycles. The molecule has 0 aliphatic carbocycles. The van der Waals surface area contributed by atoms with E-state index in [1.165, 1.54) is 11.3 Å². The van der Waals surface area contributed by atoms with Gasteiger partial charge in [0.1, 0.15) is 6.10 Å². The highest BCUT2D eigenvalue weighted by atomic mass is 32.2. The van der Waals surface area contributed by atoms with Crippen LogP contribution in [0.4, 0.5) is 0 Å². The quantitative estimate of drug-likeness (QED) is 0.795. The predicted molar refractivity (Wildman–Crippen MR) is 85.1 cm³/mol. The molecule has 0 radical (unpaired) electrons. The number of hydrogen-bond donors (Lipinski definition) is 1. The van der Waals surface area contributed by atoms with Crippen molar-refractivity contribution in [1.29, 1.82) is 0 Å². The Bertz CT molecular complexity index is 649. The Kier molecular flexibility index (Phi) is 5.52. The van der Waals surface area contributed by atoms with Crippen molar-refractivity contribution in [2.24, 2.45) is 0 Å². The van der Waals surface area contributed by atoms with Crippen molar-refractivity contribution in [3.05, 3.63) is 52.2 Å². The van der Waals surface area contributed by atoms with Crippen LogP contribution in [0.15, 0.2) is 46.7 Å². The first kappa shape index (κ1) is 16.2. The lowest BCUT2D eigenvalue weighted by Crippen LogP contribution is -2.17. The van der Waals surface area contributed by atoms with Gasteiger partial charge in [0.25, 0.3) is 10.1 Å². The van der Waals surface area contributed by atoms with Crippen LogP contribution in [0.1, 0.15) is 23.0 Å². The smallest absolute Gasteiger partial charge is 0.297 e. The summed E-state index contributed by atoms with van der Waals surface area (Å²) >= 11 is 1.50. The van der Waals surface area contributed by atoms with Crippen LogP contribution in [0.2, 0.25) is 0 Å². The van der Waals surface area contributed by atoms with E-state index in [-0.39, 0.29) is 4.90 Å². The molecule has 0 bridgehead atoms. The molecule has 21 heavy (non-hydrogen) atoms. The van der Waals surface area contributed by atoms with E-state index in [0.29, 0.717) is 13.0 Å². The maximum absolute atomic E-state index is 12.4. The Labute approximate surface area is 129 Å². The summed E-state index contributed by atoms with van der Waals surface area (Å²) in [6.45, 7) is 2.60. The van der Waals surface area contributed by atoms with Gasteiger partial charge in [-0.1, -0.05) is 23.8 Å². The largest absolute Gasteiger partial charge is 0.320 e. The number of nitrogens with one attached hydrogen (secondary N) is 1. The van der Waals surface area contributed by atoms with Crippen LogP contribution in [0, 0.1) is 6.92 Å². The fraction of sp³-hybridized carbons (Fsp3) is 0.333. The molecule has 1 aromatic carbocycles. The molecule has 1 aromatic heterocycles. The maximum Gasteiger partial charge on any atom is 0.297 e. The standard InChI is InChI=1S/C15H19NO3S2/c1-12-5-7-13(8-6-12)21(17,18)19-14(9-10-16-2)15-4-3-11-20-15/h3-8,11,14,16H,9-10H2,1-2H3. The summed E-state index contributed by atoms with van der Waals surface area (Å²) in [4.78, 5) is 1.11. The zero-order valence-corrected chi connectivity index (χ0v) is 13.7. The highest BCUT2D eigenvalue weighted by Crippen LogP contribution is 2.29. The lowest BCUT2D eigenvalue weighted by atomic mass is 10.2. The van der Waals surface area contributed by atoms with Gasteiger partial charge in [0.15, 0.2) is 0 Å². The van der Waals surface area contributed by atoms with Crippen LogP contribution in [0.3, 0.4) is 0 Å². The van der Waals surface area contributed by atoms with Gasteiger partial charge in [0, 0.05) is 4.88 Å². The topological polar surface area (TPSA) is 55.4 Å². The van der Waals surface area contributed by atoms with E-state index in [0.717, 1.165) is 10.4 Å². The Balaban J connectivity index is 2.20. The highest BCUT2D eigenvalue weighted by Gasteiger charge is 2.23. The van der Waals surface area contributed by atoms with Crippen LogP contribution in [-0.2, 0) is 14.3 Å². The molecule has 0 aliphatic rings. The summed E-state index contributed by atoms with van der Waals surface area (Å²) in [5, 5.41) is 4.94. The second kappa shape index (κ2) is 7.17. The molecule has 114 valence electrons. The zero-order valence-electron chi connectivity index (χ0n) is 12.1. The van der Waals surface area contributed by atoms with Crippen molar-refractivity contribution in [3.8, 4) is 0 Å². The Morgan fingerprint density at radius 2 is 1.95 bits per heavy atom. The minimum Gasteiger partial charge on any atom is -0.320 e. The third-order valence-corrected chi connectivity index (χ3v) is 5.37. The maximum atomic E-state index is 12.4. The lowest BCUT2D eigenvalue weighted by Gasteiger charge is -2.16. The molecule has 6 heteroatoms. The summed E-state index contributed by atoms with van der Waals surface area (Å²) in [5.74, 6) is 0. The number of aryl methyl sites for hydroxylation is 1. The number of hydrogen-bond acceptors (Lipinski definition) is 5. The molecular formula is C15H19NO3S2. The van der Waals surface area contributed by atoms with Crippen molar-refractivity contribution in [3.63, 3.8) is 0 Å². The molecule has 1 heterocycles. The molecule has 0 saturated heterocycles. The minimum absolute atomic E-state index is 0.194. The predicted octanol–water partition coefficient (Wildman–Crippen LogP) is 3.11. The van der Waals surface area contributed by atoms with Crippen LogP contribution in [-0.4, -0.2) is 22.0 Å². The Morgan fingerprint density at radius 3 is 2.52 bits per heavy atom. The number of benzene rings is 1. The van der Waals surface area contributed by atoms with Gasteiger partial charge in [-0.2, -0.15) is 8.42 Å². The van der Waals surface area contributed by atoms with E-state index in [1.807, 2.05) is 31.5 Å². The van der Waals surface area contributed by atoms with Gasteiger partial charge >= 0.3 is 0 Å². The molecule has 2 rings (SSSR count). The molecule has 2 aromatic rings. The van der Waals surface area contributed by atoms with Crippen molar-refractivity contribution < 1.29 is 12.6 Å². The first-order chi connectivity index (χ1) is 10.0. The van der Waals surface area contributed by atoms with Crippen molar-refractivity contribution in [2.75, 3.05) is 13.6 Å². The van der Waals surface area contributed by atoms with E-state index in [2.05, 4.69) is 5.32 Å². The average Bonchev–Trinajstić information content (AvgIpc) is 2.98. The molecule has 4 nitrogen and oxygen atoms in total. The summed E-state index contributed by atoms with van der Waals surface area (Å²) in [5.41, 5.74) is 1.01. The van der Waals surface area contributed by atoms with Crippen molar-refractivity contribution >= 4 is 21.5 Å². The molecule has 1 atom stereocenters. The SMILES string of the molecule is CNCCC(OS(=O)(=O)c1ccc(C)cc1)c1cccs1. The van der Waals surface area contributed by atoms with Crippen molar-refractivity contribution in [1.82, 2.24) is 5.32 Å². The highest BCUT2D eigenvalue weighted by molar-refractivity contribution is 7.86. The number of thiophene rings is 1. The van der Waals surface area contributed by atoms with Crippen molar-refractivity contribution in [2.45, 2.75) is 24.3 Å². The first-order valence-electron chi connectivity index (χ1n) is 6.71. The van der Waals surface area contributed by atoms with E-state index < -0.39 is 16.2 Å². The fourth-order valence-corrected chi connectivity index (χ4v) is 3.84. The van der Waals surface area contributed by atoms with Gasteiger partial charge in [0.05, 0.1) is 4.90 Å². The molecule has 0 spiro atoms. The Morgan fingerprint density at radius 1 is 1.24 bits per heavy atom. The molecule has 1 unspecified atom stereocenters. The van der Waals surface area contributed by atoms with Gasteiger partial charge in [-0.25, -0.2) is 0 Å². The third-order valence-electron chi connectivity index (χ3n) is 3.07. The molecule has 0 amide bonds. The molecule has 0 saturated carbocycles. The van der Waals surface area contributed by atoms with Gasteiger partial charge < -0.3 is 5.32 Å². The second-order valence-corrected chi connectivity index (χ2v) is 7.31. The van der Waals surface area contributed by atoms with E-state index in [4.69, 9.17) is 4.18 Å². The van der Waals surface area contributed by atoms with Gasteiger partial charge in [-0.05, 0) is 50.5 Å². The zero-order chi connectivity index (χ0) is 15.3. The summed E-state index contributed by atoms with van der Waals surface area (Å²) < 4.78 is 30.2. The van der Waals surface area contributed by atoms with Crippen LogP contribution >= 0.6 is 11.3 Å². The Hall–Kier alpha value is -1.21. The summed E-state index contributed by atoms with van der Waals surface area (Å²) in [6, 6.07) is 10.5. The molecular weight excluding hydrogens is 306 g/mol. The normalized spacial score (nSPS) is 13.2. The van der Waals surface area contributed by atoms with E-state index in [9.17, 15) is 8.42 Å². The van der Waals surface area contributed by atoms with Gasteiger partial charge in [0.2, 0.25) is 0 Å². The monoisotopic (exact) mass is 325 g/mol. The van der Waals surface area contributed by atoms with E-state index in [1.54, 1.807) is 24.3 Å². The van der Waals surface area contributed by atoms with Gasteiger partial charge in [-0.15, -0.1) is 11.3 Å². The fourth-order valence-electron chi connectivity index (χ4n) is 1.90. The summed E-state index contributed by atoms with van der Waals surface area (Å²) in [7, 11) is -1.92.